The molecule has 1 aromatic rings. The van der Waals surface area contributed by atoms with Crippen molar-refractivity contribution in [2.75, 3.05) is 0 Å². The molecule has 0 amide bonds. The zero-order chi connectivity index (χ0) is 9.14. The van der Waals surface area contributed by atoms with Crippen LogP contribution in [-0.4, -0.2) is 18.5 Å². The molecule has 0 aromatic heterocycles. The van der Waals surface area contributed by atoms with E-state index < -0.39 is 4.92 Å². The molecule has 5 heteroatoms. The molecule has 0 heterocycles. The molecule has 0 unspecified atom stereocenters. The van der Waals surface area contributed by atoms with Gasteiger partial charge in [-0.2, -0.15) is 0 Å². The number of nitrogens with zero attached hydrogens (tertiary/aromatic N) is 1. The molecule has 0 atom stereocenters. The van der Waals surface area contributed by atoms with Gasteiger partial charge in [-0.1, -0.05) is 0 Å². The fourth-order valence-corrected chi connectivity index (χ4v) is 0.818. The minimum atomic E-state index is -0.496. The van der Waals surface area contributed by atoms with E-state index in [-0.39, 0.29) is 11.4 Å². The van der Waals surface area contributed by atoms with Crippen LogP contribution in [0.4, 0.5) is 5.69 Å². The number of hydrogen-bond donors (Lipinski definition) is 0. The highest BCUT2D eigenvalue weighted by atomic mass is 16.6. The molecule has 1 aromatic carbocycles. The Bertz CT molecular complexity index is 287. The van der Waals surface area contributed by atoms with E-state index >= 15 is 0 Å². The molecule has 0 N–H and O–H groups in total. The molecular weight excluding hydrogens is 157 g/mol. The number of carbonyl (C=O) groups is 1. The van der Waals surface area contributed by atoms with Crippen LogP contribution in [0.5, 0.6) is 0 Å². The van der Waals surface area contributed by atoms with Crippen LogP contribution in [0.25, 0.3) is 0 Å². The lowest BCUT2D eigenvalue weighted by atomic mass is 9.95. The Labute approximate surface area is 69.8 Å². The van der Waals surface area contributed by atoms with Crippen LogP contribution in [0, 0.1) is 10.1 Å². The number of rotatable bonds is 2. The second-order valence-corrected chi connectivity index (χ2v) is 2.36. The average molecular weight is 163 g/mol. The van der Waals surface area contributed by atoms with Crippen LogP contribution in [-0.2, 0) is 0 Å². The van der Waals surface area contributed by atoms with Crippen molar-refractivity contribution in [1.29, 1.82) is 0 Å². The first-order valence-corrected chi connectivity index (χ1v) is 3.36. The molecule has 0 fully saturated rings. The molecule has 0 aliphatic carbocycles. The zero-order valence-electron chi connectivity index (χ0n) is 6.48. The maximum atomic E-state index is 10.8. The molecule has 0 spiro atoms. The fraction of sp³-hybridized carbons (Fsp3) is 0. The highest BCUT2D eigenvalue weighted by molar-refractivity contribution is 6.62. The lowest BCUT2D eigenvalue weighted by molar-refractivity contribution is -0.384. The van der Waals surface area contributed by atoms with Crippen LogP contribution in [0.3, 0.4) is 0 Å². The van der Waals surface area contributed by atoms with Gasteiger partial charge in [0.15, 0.2) is 7.85 Å². The number of hydrogen-bond acceptors (Lipinski definition) is 3. The highest BCUT2D eigenvalue weighted by Gasteiger charge is 2.04. The monoisotopic (exact) mass is 163 g/mol. The molecule has 0 aliphatic rings. The minimum Gasteiger partial charge on any atom is -0.307 e. The summed E-state index contributed by atoms with van der Waals surface area (Å²) in [6.07, 6.45) is 0. The van der Waals surface area contributed by atoms with Gasteiger partial charge in [-0.05, 0) is 12.1 Å². The summed E-state index contributed by atoms with van der Waals surface area (Å²) in [5.74, 6) is 0. The molecule has 4 nitrogen and oxygen atoms in total. The first kappa shape index (κ1) is 8.45. The summed E-state index contributed by atoms with van der Waals surface area (Å²) in [7, 11) is 1.42. The summed E-state index contributed by atoms with van der Waals surface area (Å²) in [5, 5.41) is 10.2. The Morgan fingerprint density at radius 3 is 2.17 bits per heavy atom. The van der Waals surface area contributed by atoms with Gasteiger partial charge in [0, 0.05) is 17.7 Å². The highest BCUT2D eigenvalue weighted by Crippen LogP contribution is 2.11. The number of benzene rings is 1. The molecule has 0 saturated heterocycles. The third-order valence-corrected chi connectivity index (χ3v) is 1.48. The van der Waals surface area contributed by atoms with E-state index in [4.69, 9.17) is 0 Å². The third kappa shape index (κ3) is 1.69. The van der Waals surface area contributed by atoms with E-state index in [9.17, 15) is 14.9 Å². The Morgan fingerprint density at radius 1 is 1.33 bits per heavy atom. The summed E-state index contributed by atoms with van der Waals surface area (Å²) < 4.78 is 0. The van der Waals surface area contributed by atoms with E-state index in [0.29, 0.717) is 5.56 Å². The Balaban J connectivity index is 3.01. The van der Waals surface area contributed by atoms with Gasteiger partial charge in [0.05, 0.1) is 4.92 Å². The standard InChI is InChI=1S/C7H6BNO3/c8-7(10)5-1-3-6(4-2-5)9(11)12/h1-4H,8H2. The Morgan fingerprint density at radius 2 is 1.83 bits per heavy atom. The third-order valence-electron chi connectivity index (χ3n) is 1.48. The lowest BCUT2D eigenvalue weighted by Gasteiger charge is -1.93. The second kappa shape index (κ2) is 3.17. The van der Waals surface area contributed by atoms with Gasteiger partial charge in [0.25, 0.3) is 5.69 Å². The van der Waals surface area contributed by atoms with Crippen LogP contribution < -0.4 is 0 Å². The summed E-state index contributed by atoms with van der Waals surface area (Å²) in [5.41, 5.74) is 0.394. The molecule has 0 aliphatic heterocycles. The first-order chi connectivity index (χ1) is 5.61. The first-order valence-electron chi connectivity index (χ1n) is 3.36. The van der Waals surface area contributed by atoms with E-state index in [1.54, 1.807) is 0 Å². The van der Waals surface area contributed by atoms with Crippen molar-refractivity contribution >= 4 is 19.2 Å². The van der Waals surface area contributed by atoms with Crippen LogP contribution in [0.1, 0.15) is 10.4 Å². The van der Waals surface area contributed by atoms with Gasteiger partial charge in [-0.15, -0.1) is 0 Å². The van der Waals surface area contributed by atoms with Gasteiger partial charge in [0.1, 0.15) is 5.68 Å². The van der Waals surface area contributed by atoms with Gasteiger partial charge in [0.2, 0.25) is 0 Å². The summed E-state index contributed by atoms with van der Waals surface area (Å²) >= 11 is 0. The van der Waals surface area contributed by atoms with Crippen molar-refractivity contribution in [3.8, 4) is 0 Å². The van der Waals surface area contributed by atoms with E-state index in [0.717, 1.165) is 0 Å². The van der Waals surface area contributed by atoms with Crippen molar-refractivity contribution in [2.45, 2.75) is 0 Å². The number of carbonyl (C=O) groups excluding carboxylic acids is 1. The summed E-state index contributed by atoms with van der Waals surface area (Å²) in [4.78, 5) is 20.5. The predicted octanol–water partition coefficient (Wildman–Crippen LogP) is 0.368. The van der Waals surface area contributed by atoms with Gasteiger partial charge >= 0.3 is 0 Å². The van der Waals surface area contributed by atoms with E-state index in [2.05, 4.69) is 0 Å². The molecule has 1 rings (SSSR count). The largest absolute Gasteiger partial charge is 0.307 e. The summed E-state index contributed by atoms with van der Waals surface area (Å²) in [6.45, 7) is 0. The molecular formula is C7H6BNO3. The topological polar surface area (TPSA) is 60.2 Å². The second-order valence-electron chi connectivity index (χ2n) is 2.36. The van der Waals surface area contributed by atoms with Crippen LogP contribution >= 0.6 is 0 Å². The summed E-state index contributed by atoms with van der Waals surface area (Å²) in [6, 6.07) is 5.52. The Kier molecular flexibility index (Phi) is 2.23. The van der Waals surface area contributed by atoms with Crippen molar-refractivity contribution in [1.82, 2.24) is 0 Å². The average Bonchev–Trinajstić information content (AvgIpc) is 2.04. The fourth-order valence-electron chi connectivity index (χ4n) is 0.818. The number of nitro benzene ring substituents is 1. The van der Waals surface area contributed by atoms with E-state index in [1.165, 1.54) is 32.1 Å². The smallest absolute Gasteiger partial charge is 0.269 e. The number of nitro groups is 1. The van der Waals surface area contributed by atoms with Crippen molar-refractivity contribution in [2.24, 2.45) is 0 Å². The molecule has 0 bridgehead atoms. The molecule has 12 heavy (non-hydrogen) atoms. The van der Waals surface area contributed by atoms with Crippen molar-refractivity contribution < 1.29 is 9.72 Å². The van der Waals surface area contributed by atoms with E-state index in [1.807, 2.05) is 0 Å². The van der Waals surface area contributed by atoms with Gasteiger partial charge < -0.3 is 4.79 Å². The van der Waals surface area contributed by atoms with Crippen LogP contribution in [0.2, 0.25) is 0 Å². The van der Waals surface area contributed by atoms with Crippen molar-refractivity contribution in [3.05, 3.63) is 39.9 Å². The molecule has 0 saturated carbocycles. The van der Waals surface area contributed by atoms with Crippen molar-refractivity contribution in [3.63, 3.8) is 0 Å². The lowest BCUT2D eigenvalue weighted by Crippen LogP contribution is -1.97. The number of non-ortho nitro benzene ring substituents is 1. The molecule has 60 valence electrons. The normalized spacial score (nSPS) is 9.33. The van der Waals surface area contributed by atoms with Crippen LogP contribution in [0.15, 0.2) is 24.3 Å². The quantitative estimate of drug-likeness (QED) is 0.359. The zero-order valence-corrected chi connectivity index (χ0v) is 6.48. The minimum absolute atomic E-state index is 0.000000000000000222. The molecule has 0 radical (unpaired) electrons. The maximum Gasteiger partial charge on any atom is 0.269 e. The maximum absolute atomic E-state index is 10.8. The van der Waals surface area contributed by atoms with Gasteiger partial charge in [-0.3, -0.25) is 10.1 Å². The predicted molar refractivity (Wildman–Crippen MR) is 46.0 cm³/mol. The SMILES string of the molecule is BC(=O)c1ccc([N+](=O)[O-])cc1. The van der Waals surface area contributed by atoms with Gasteiger partial charge in [-0.25, -0.2) is 0 Å². The Hall–Kier alpha value is -1.65.